The second-order valence-electron chi connectivity index (χ2n) is 8.69. The van der Waals surface area contributed by atoms with Crippen LogP contribution in [0.5, 0.6) is 5.75 Å². The topological polar surface area (TPSA) is 132 Å². The molecular weight excluding hydrogens is 520 g/mol. The number of hydrogen-bond donors (Lipinski definition) is 3. The molecule has 2 atom stereocenters. The molecule has 4 aromatic rings. The Morgan fingerprint density at radius 1 is 1.24 bits per heavy atom. The largest absolute Gasteiger partial charge is 0.487 e. The van der Waals surface area contributed by atoms with E-state index in [1.807, 2.05) is 0 Å². The van der Waals surface area contributed by atoms with Crippen LogP contribution in [0.1, 0.15) is 36.2 Å². The summed E-state index contributed by atoms with van der Waals surface area (Å²) in [6, 6.07) is 8.63. The van der Waals surface area contributed by atoms with Gasteiger partial charge in [0.25, 0.3) is 0 Å². The molecule has 2 amide bonds. The van der Waals surface area contributed by atoms with Gasteiger partial charge in [0.15, 0.2) is 5.82 Å². The molecule has 0 aliphatic heterocycles. The standard InChI is InChI=1S/C26H24ClF2N5O4/c1-13-6-21(34-11-16(29)10-31-34)17-4-3-5-23(25(17)32-13)38-12-19-18(7-15(28)8-20(19)27)14(2)33-24(36)9-22(35)26(30)37/h3-8,10-11,14,22,35H,9,12H2,1-2H3,(H2,30,37)(H,33,36)/t14-,22-/m0/s1. The number of carbonyl (C=O) groups is 2. The van der Waals surface area contributed by atoms with Crippen molar-refractivity contribution in [3.05, 3.63) is 82.3 Å². The second-order valence-corrected chi connectivity index (χ2v) is 9.10. The lowest BCUT2D eigenvalue weighted by Gasteiger charge is -2.20. The van der Waals surface area contributed by atoms with Crippen LogP contribution in [0, 0.1) is 18.6 Å². The number of primary amides is 1. The number of aromatic nitrogens is 3. The number of aryl methyl sites for hydroxylation is 1. The van der Waals surface area contributed by atoms with Crippen LogP contribution in [-0.2, 0) is 16.2 Å². The van der Waals surface area contributed by atoms with E-state index in [-0.39, 0.29) is 11.6 Å². The second kappa shape index (κ2) is 11.1. The molecule has 0 aliphatic carbocycles. The molecule has 2 aromatic heterocycles. The number of rotatable bonds is 9. The fourth-order valence-electron chi connectivity index (χ4n) is 4.03. The van der Waals surface area contributed by atoms with Crippen LogP contribution in [0.15, 0.2) is 48.8 Å². The predicted molar refractivity (Wildman–Crippen MR) is 136 cm³/mol. The van der Waals surface area contributed by atoms with Crippen LogP contribution in [0.3, 0.4) is 0 Å². The smallest absolute Gasteiger partial charge is 0.246 e. The average molecular weight is 544 g/mol. The fourth-order valence-corrected chi connectivity index (χ4v) is 4.30. The van der Waals surface area contributed by atoms with Gasteiger partial charge in [-0.15, -0.1) is 0 Å². The van der Waals surface area contributed by atoms with Crippen LogP contribution >= 0.6 is 11.6 Å². The average Bonchev–Trinajstić information content (AvgIpc) is 3.28. The van der Waals surface area contributed by atoms with Crippen LogP contribution in [0.2, 0.25) is 5.02 Å². The highest BCUT2D eigenvalue weighted by atomic mass is 35.5. The summed E-state index contributed by atoms with van der Waals surface area (Å²) in [5.74, 6) is -2.40. The van der Waals surface area contributed by atoms with E-state index in [0.29, 0.717) is 39.2 Å². The Hall–Kier alpha value is -4.09. The van der Waals surface area contributed by atoms with Gasteiger partial charge in [-0.2, -0.15) is 5.10 Å². The van der Waals surface area contributed by atoms with Crippen LogP contribution in [0.25, 0.3) is 16.6 Å². The highest BCUT2D eigenvalue weighted by Gasteiger charge is 2.22. The van der Waals surface area contributed by atoms with Gasteiger partial charge in [0.1, 0.15) is 29.8 Å². The Labute approximate surface area is 221 Å². The summed E-state index contributed by atoms with van der Waals surface area (Å²) in [6.45, 7) is 3.29. The molecule has 9 nitrogen and oxygen atoms in total. The Bertz CT molecular complexity index is 1530. The summed E-state index contributed by atoms with van der Waals surface area (Å²) >= 11 is 6.36. The van der Waals surface area contributed by atoms with Gasteiger partial charge in [0, 0.05) is 16.6 Å². The van der Waals surface area contributed by atoms with Gasteiger partial charge in [0.05, 0.1) is 35.6 Å². The lowest BCUT2D eigenvalue weighted by molar-refractivity contribution is -0.132. The number of halogens is 3. The molecule has 0 radical (unpaired) electrons. The van der Waals surface area contributed by atoms with Crippen molar-refractivity contribution in [2.24, 2.45) is 5.73 Å². The van der Waals surface area contributed by atoms with E-state index in [9.17, 15) is 23.5 Å². The molecule has 0 bridgehead atoms. The molecule has 38 heavy (non-hydrogen) atoms. The quantitative estimate of drug-likeness (QED) is 0.295. The van der Waals surface area contributed by atoms with Gasteiger partial charge in [-0.3, -0.25) is 9.59 Å². The summed E-state index contributed by atoms with van der Waals surface area (Å²) in [4.78, 5) is 27.9. The van der Waals surface area contributed by atoms with Gasteiger partial charge in [-0.05, 0) is 43.7 Å². The van der Waals surface area contributed by atoms with Crippen molar-refractivity contribution in [3.63, 3.8) is 0 Å². The number of nitrogens with zero attached hydrogens (tertiary/aromatic N) is 3. The molecule has 4 rings (SSSR count). The maximum Gasteiger partial charge on any atom is 0.246 e. The lowest BCUT2D eigenvalue weighted by Crippen LogP contribution is -2.36. The first kappa shape index (κ1) is 27.0. The SMILES string of the molecule is Cc1cc(-n2cc(F)cn2)c2cccc(OCc3c(Cl)cc(F)cc3[C@H](C)NC(=O)C[C@H](O)C(N)=O)c2n1. The van der Waals surface area contributed by atoms with Gasteiger partial charge >= 0.3 is 0 Å². The van der Waals surface area contributed by atoms with Crippen LogP contribution in [-0.4, -0.2) is 37.8 Å². The molecular formula is C26H24ClF2N5O4. The van der Waals surface area contributed by atoms with E-state index < -0.39 is 42.0 Å². The Morgan fingerprint density at radius 2 is 2.00 bits per heavy atom. The number of aliphatic hydroxyl groups is 1. The first-order chi connectivity index (χ1) is 18.0. The fraction of sp³-hybridized carbons (Fsp3) is 0.231. The first-order valence-corrected chi connectivity index (χ1v) is 11.9. The molecule has 198 valence electrons. The number of benzene rings is 2. The number of fused-ring (bicyclic) bond motifs is 1. The third-order valence-electron chi connectivity index (χ3n) is 5.82. The summed E-state index contributed by atoms with van der Waals surface area (Å²) in [5.41, 5.74) is 7.51. The molecule has 0 spiro atoms. The van der Waals surface area contributed by atoms with Crippen molar-refractivity contribution in [1.82, 2.24) is 20.1 Å². The number of carbonyl (C=O) groups excluding carboxylic acids is 2. The van der Waals surface area contributed by atoms with E-state index in [1.54, 1.807) is 38.1 Å². The summed E-state index contributed by atoms with van der Waals surface area (Å²) < 4.78 is 35.4. The Kier molecular flexibility index (Phi) is 7.88. The van der Waals surface area contributed by atoms with E-state index >= 15 is 0 Å². The van der Waals surface area contributed by atoms with Gasteiger partial charge in [-0.1, -0.05) is 23.7 Å². The number of nitrogens with two attached hydrogens (primary N) is 1. The van der Waals surface area contributed by atoms with Gasteiger partial charge in [-0.25, -0.2) is 18.4 Å². The van der Waals surface area contributed by atoms with Crippen molar-refractivity contribution in [2.45, 2.75) is 39.0 Å². The van der Waals surface area contributed by atoms with Crippen molar-refractivity contribution in [3.8, 4) is 11.4 Å². The zero-order valence-electron chi connectivity index (χ0n) is 20.4. The molecule has 0 aliphatic rings. The third-order valence-corrected chi connectivity index (χ3v) is 6.16. The molecule has 0 unspecified atom stereocenters. The van der Waals surface area contributed by atoms with E-state index in [2.05, 4.69) is 15.4 Å². The molecule has 2 aromatic carbocycles. The normalized spacial score (nSPS) is 12.8. The molecule has 0 saturated heterocycles. The number of para-hydroxylation sites is 1. The summed E-state index contributed by atoms with van der Waals surface area (Å²) in [6.07, 6.45) is 0.170. The summed E-state index contributed by atoms with van der Waals surface area (Å²) in [7, 11) is 0. The maximum atomic E-state index is 14.3. The van der Waals surface area contributed by atoms with E-state index in [0.717, 1.165) is 12.3 Å². The monoisotopic (exact) mass is 543 g/mol. The van der Waals surface area contributed by atoms with E-state index in [4.69, 9.17) is 22.1 Å². The van der Waals surface area contributed by atoms with Gasteiger partial charge < -0.3 is 20.9 Å². The highest BCUT2D eigenvalue weighted by molar-refractivity contribution is 6.31. The minimum absolute atomic E-state index is 0.0790. The first-order valence-electron chi connectivity index (χ1n) is 11.5. The number of amides is 2. The van der Waals surface area contributed by atoms with Crippen molar-refractivity contribution < 1.29 is 28.2 Å². The third kappa shape index (κ3) is 5.90. The number of hydrogen-bond acceptors (Lipinski definition) is 6. The zero-order chi connectivity index (χ0) is 27.6. The Balaban J connectivity index is 1.63. The summed E-state index contributed by atoms with van der Waals surface area (Å²) in [5, 5.41) is 17.0. The number of nitrogens with one attached hydrogen (secondary N) is 1. The van der Waals surface area contributed by atoms with Crippen molar-refractivity contribution >= 4 is 34.3 Å². The minimum atomic E-state index is -1.65. The highest BCUT2D eigenvalue weighted by Crippen LogP contribution is 2.32. The number of pyridine rings is 1. The molecule has 2 heterocycles. The van der Waals surface area contributed by atoms with E-state index in [1.165, 1.54) is 16.9 Å². The maximum absolute atomic E-state index is 14.3. The zero-order valence-corrected chi connectivity index (χ0v) is 21.2. The number of aliphatic hydroxyl groups excluding tert-OH is 1. The van der Waals surface area contributed by atoms with Crippen LogP contribution < -0.4 is 15.8 Å². The lowest BCUT2D eigenvalue weighted by atomic mass is 10.0. The van der Waals surface area contributed by atoms with Crippen molar-refractivity contribution in [2.75, 3.05) is 0 Å². The van der Waals surface area contributed by atoms with Crippen LogP contribution in [0.4, 0.5) is 8.78 Å². The molecule has 0 fully saturated rings. The van der Waals surface area contributed by atoms with Gasteiger partial charge in [0.2, 0.25) is 11.8 Å². The predicted octanol–water partition coefficient (Wildman–Crippen LogP) is 3.65. The minimum Gasteiger partial charge on any atom is -0.487 e. The molecule has 4 N–H and O–H groups in total. The molecule has 0 saturated carbocycles. The molecule has 12 heteroatoms. The Morgan fingerprint density at radius 3 is 2.68 bits per heavy atom. The van der Waals surface area contributed by atoms with Crippen molar-refractivity contribution in [1.29, 1.82) is 0 Å². The number of ether oxygens (including phenoxy) is 1.